The van der Waals surface area contributed by atoms with Crippen LogP contribution in [0, 0.1) is 12.8 Å². The Balaban J connectivity index is 1.59. The van der Waals surface area contributed by atoms with Crippen LogP contribution in [0.2, 0.25) is 0 Å². The molecule has 2 N–H and O–H groups in total. The third-order valence-corrected chi connectivity index (χ3v) is 6.52. The predicted octanol–water partition coefficient (Wildman–Crippen LogP) is 2.21. The maximum atomic E-state index is 12.0. The van der Waals surface area contributed by atoms with Crippen molar-refractivity contribution in [2.24, 2.45) is 5.92 Å². The summed E-state index contributed by atoms with van der Waals surface area (Å²) in [6.07, 6.45) is 0.787. The zero-order chi connectivity index (χ0) is 15.7. The van der Waals surface area contributed by atoms with Crippen molar-refractivity contribution in [1.82, 2.24) is 10.2 Å². The lowest BCUT2D eigenvalue weighted by molar-refractivity contribution is -0.116. The highest BCUT2D eigenvalue weighted by Crippen LogP contribution is 2.27. The number of carbonyl (C=O) groups is 1. The van der Waals surface area contributed by atoms with Gasteiger partial charge in [0.1, 0.15) is 0 Å². The van der Waals surface area contributed by atoms with Gasteiger partial charge in [-0.2, -0.15) is 5.10 Å². The molecule has 0 saturated carbocycles. The number of H-pyrrole nitrogens is 1. The van der Waals surface area contributed by atoms with Gasteiger partial charge in [-0.05, 0) is 31.4 Å². The smallest absolute Gasteiger partial charge is 0.225 e. The van der Waals surface area contributed by atoms with E-state index >= 15 is 0 Å². The summed E-state index contributed by atoms with van der Waals surface area (Å²) in [5.41, 5.74) is 0.858. The Bertz CT molecular complexity index is 792. The normalized spacial score (nSPS) is 20.1. The summed E-state index contributed by atoms with van der Waals surface area (Å²) in [5, 5.41) is 9.70. The number of anilines is 1. The summed E-state index contributed by atoms with van der Waals surface area (Å²) in [4.78, 5) is 14.2. The summed E-state index contributed by atoms with van der Waals surface area (Å²) in [6, 6.07) is 5.82. The van der Waals surface area contributed by atoms with Gasteiger partial charge in [0, 0.05) is 17.4 Å². The van der Waals surface area contributed by atoms with Gasteiger partial charge in [0.2, 0.25) is 5.91 Å². The van der Waals surface area contributed by atoms with Gasteiger partial charge in [0.05, 0.1) is 22.1 Å². The summed E-state index contributed by atoms with van der Waals surface area (Å²) in [5.74, 6) is 0.494. The van der Waals surface area contributed by atoms with Gasteiger partial charge >= 0.3 is 0 Å². The summed E-state index contributed by atoms with van der Waals surface area (Å²) in [6.45, 7) is 2.03. The maximum absolute atomic E-state index is 12.0. The molecule has 0 aliphatic carbocycles. The van der Waals surface area contributed by atoms with Gasteiger partial charge in [-0.15, -0.1) is 11.3 Å². The van der Waals surface area contributed by atoms with Crippen LogP contribution in [0.5, 0.6) is 0 Å². The number of rotatable bonds is 4. The summed E-state index contributed by atoms with van der Waals surface area (Å²) in [7, 11) is -2.94. The number of aromatic amines is 1. The van der Waals surface area contributed by atoms with Gasteiger partial charge in [0.15, 0.2) is 15.7 Å². The van der Waals surface area contributed by atoms with Crippen LogP contribution >= 0.6 is 11.3 Å². The molecule has 2 aromatic rings. The van der Waals surface area contributed by atoms with Crippen molar-refractivity contribution in [3.05, 3.63) is 23.1 Å². The highest BCUT2D eigenvalue weighted by molar-refractivity contribution is 7.91. The van der Waals surface area contributed by atoms with Gasteiger partial charge in [-0.25, -0.2) is 8.42 Å². The number of carbonyl (C=O) groups excluding carboxylic acids is 1. The topological polar surface area (TPSA) is 91.9 Å². The second kappa shape index (κ2) is 5.85. The molecule has 22 heavy (non-hydrogen) atoms. The molecule has 1 aliphatic rings. The molecule has 0 radical (unpaired) electrons. The van der Waals surface area contributed by atoms with Crippen molar-refractivity contribution in [2.45, 2.75) is 19.8 Å². The van der Waals surface area contributed by atoms with Gasteiger partial charge in [0.25, 0.3) is 0 Å². The zero-order valence-electron chi connectivity index (χ0n) is 12.1. The molecule has 3 rings (SSSR count). The van der Waals surface area contributed by atoms with Gasteiger partial charge in [-0.3, -0.25) is 9.89 Å². The number of nitrogens with zero attached hydrogens (tertiary/aromatic N) is 1. The minimum Gasteiger partial charge on any atom is -0.309 e. The molecule has 0 bridgehead atoms. The van der Waals surface area contributed by atoms with E-state index in [1.54, 1.807) is 17.4 Å². The second-order valence-electron chi connectivity index (χ2n) is 5.60. The number of nitrogens with one attached hydrogen (secondary N) is 2. The van der Waals surface area contributed by atoms with E-state index in [1.165, 1.54) is 4.88 Å². The molecule has 3 heterocycles. The van der Waals surface area contributed by atoms with E-state index in [0.717, 1.165) is 10.6 Å². The Hall–Kier alpha value is -1.67. The highest BCUT2D eigenvalue weighted by atomic mass is 32.2. The minimum absolute atomic E-state index is 0.0802. The highest BCUT2D eigenvalue weighted by Gasteiger charge is 2.29. The standard InChI is InChI=1S/C14H17N3O3S2/c1-9-2-3-12(21-9)11-7-13(17-16-11)15-14(18)6-10-4-5-22(19,20)8-10/h2-3,7,10H,4-6,8H2,1H3,(H2,15,16,17,18)/t10-/m1/s1. The number of hydrogen-bond acceptors (Lipinski definition) is 5. The Morgan fingerprint density at radius 1 is 1.50 bits per heavy atom. The van der Waals surface area contributed by atoms with Gasteiger partial charge < -0.3 is 5.32 Å². The zero-order valence-corrected chi connectivity index (χ0v) is 13.8. The Morgan fingerprint density at radius 2 is 2.32 bits per heavy atom. The molecule has 0 aromatic carbocycles. The maximum Gasteiger partial charge on any atom is 0.225 e. The average Bonchev–Trinajstić information content (AvgIpc) is 3.11. The molecule has 118 valence electrons. The van der Waals surface area contributed by atoms with Crippen molar-refractivity contribution in [3.8, 4) is 10.6 Å². The summed E-state index contributed by atoms with van der Waals surface area (Å²) < 4.78 is 22.8. The largest absolute Gasteiger partial charge is 0.309 e. The van der Waals surface area contributed by atoms with Crippen LogP contribution in [0.1, 0.15) is 17.7 Å². The van der Waals surface area contributed by atoms with Crippen LogP contribution in [-0.2, 0) is 14.6 Å². The lowest BCUT2D eigenvalue weighted by atomic mass is 10.1. The second-order valence-corrected chi connectivity index (χ2v) is 9.12. The monoisotopic (exact) mass is 339 g/mol. The third kappa shape index (κ3) is 3.56. The van der Waals surface area contributed by atoms with Crippen LogP contribution in [0.4, 0.5) is 5.82 Å². The van der Waals surface area contributed by atoms with E-state index in [0.29, 0.717) is 12.2 Å². The van der Waals surface area contributed by atoms with Crippen molar-refractivity contribution in [3.63, 3.8) is 0 Å². The molecule has 0 unspecified atom stereocenters. The number of hydrogen-bond donors (Lipinski definition) is 2. The van der Waals surface area contributed by atoms with E-state index in [-0.39, 0.29) is 29.8 Å². The predicted molar refractivity (Wildman–Crippen MR) is 86.6 cm³/mol. The molecule has 8 heteroatoms. The molecular weight excluding hydrogens is 322 g/mol. The molecule has 1 fully saturated rings. The first-order chi connectivity index (χ1) is 10.4. The van der Waals surface area contributed by atoms with E-state index in [9.17, 15) is 13.2 Å². The molecule has 6 nitrogen and oxygen atoms in total. The van der Waals surface area contributed by atoms with Crippen molar-refractivity contribution in [2.75, 3.05) is 16.8 Å². The average molecular weight is 339 g/mol. The van der Waals surface area contributed by atoms with Crippen LogP contribution in [0.3, 0.4) is 0 Å². The molecule has 1 saturated heterocycles. The number of aromatic nitrogens is 2. The third-order valence-electron chi connectivity index (χ3n) is 3.65. The Kier molecular flexibility index (Phi) is 4.05. The molecule has 1 aliphatic heterocycles. The lowest BCUT2D eigenvalue weighted by Crippen LogP contribution is -2.17. The van der Waals surface area contributed by atoms with Crippen molar-refractivity contribution in [1.29, 1.82) is 0 Å². The minimum atomic E-state index is -2.94. The SMILES string of the molecule is Cc1ccc(-c2cc(NC(=O)C[C@H]3CCS(=O)(=O)C3)n[nH]2)s1. The van der Waals surface area contributed by atoms with Crippen LogP contribution < -0.4 is 5.32 Å². The van der Waals surface area contributed by atoms with Crippen molar-refractivity contribution < 1.29 is 13.2 Å². The fourth-order valence-corrected chi connectivity index (χ4v) is 5.28. The number of thiophene rings is 1. The molecule has 0 spiro atoms. The van der Waals surface area contributed by atoms with Crippen LogP contribution in [-0.4, -0.2) is 36.0 Å². The fourth-order valence-electron chi connectivity index (χ4n) is 2.58. The molecule has 1 amide bonds. The molecule has 1 atom stereocenters. The van der Waals surface area contributed by atoms with E-state index in [4.69, 9.17) is 0 Å². The van der Waals surface area contributed by atoms with Crippen LogP contribution in [0.15, 0.2) is 18.2 Å². The van der Waals surface area contributed by atoms with Gasteiger partial charge in [-0.1, -0.05) is 0 Å². The van der Waals surface area contributed by atoms with E-state index in [1.807, 2.05) is 19.1 Å². The fraction of sp³-hybridized carbons (Fsp3) is 0.429. The number of amides is 1. The van der Waals surface area contributed by atoms with E-state index < -0.39 is 9.84 Å². The first kappa shape index (κ1) is 15.2. The molecular formula is C14H17N3O3S2. The molecule has 2 aromatic heterocycles. The number of aryl methyl sites for hydroxylation is 1. The number of sulfone groups is 1. The first-order valence-corrected chi connectivity index (χ1v) is 9.67. The quantitative estimate of drug-likeness (QED) is 0.893. The Morgan fingerprint density at radius 3 is 2.95 bits per heavy atom. The van der Waals surface area contributed by atoms with E-state index in [2.05, 4.69) is 15.5 Å². The lowest BCUT2D eigenvalue weighted by Gasteiger charge is -2.06. The summed E-state index contributed by atoms with van der Waals surface area (Å²) >= 11 is 1.65. The first-order valence-electron chi connectivity index (χ1n) is 7.04. The van der Waals surface area contributed by atoms with Crippen LogP contribution in [0.25, 0.3) is 10.6 Å². The van der Waals surface area contributed by atoms with Crippen molar-refractivity contribution >= 4 is 32.9 Å². The Labute approximate surface area is 132 Å².